The van der Waals surface area contributed by atoms with Crippen LogP contribution in [0.4, 0.5) is 0 Å². The minimum Gasteiger partial charge on any atom is -0.372 e. The van der Waals surface area contributed by atoms with Crippen molar-refractivity contribution in [3.63, 3.8) is 0 Å². The lowest BCUT2D eigenvalue weighted by molar-refractivity contribution is -0.887. The van der Waals surface area contributed by atoms with Gasteiger partial charge in [-0.15, -0.1) is 0 Å². The van der Waals surface area contributed by atoms with Crippen LogP contribution in [0.1, 0.15) is 18.1 Å². The van der Waals surface area contributed by atoms with Gasteiger partial charge in [-0.2, -0.15) is 0 Å². The van der Waals surface area contributed by atoms with E-state index in [4.69, 9.17) is 0 Å². The Morgan fingerprint density at radius 3 is 1.84 bits per heavy atom. The van der Waals surface area contributed by atoms with Crippen molar-refractivity contribution in [1.82, 2.24) is 4.90 Å². The van der Waals surface area contributed by atoms with Crippen molar-refractivity contribution in [1.29, 1.82) is 0 Å². The van der Waals surface area contributed by atoms with E-state index in [0.29, 0.717) is 17.7 Å². The number of carbonyl (C=O) groups excluding carboxylic acids is 1. The van der Waals surface area contributed by atoms with Crippen LogP contribution in [0.25, 0.3) is 0 Å². The van der Waals surface area contributed by atoms with Crippen LogP contribution in [0.5, 0.6) is 0 Å². The van der Waals surface area contributed by atoms with Crippen LogP contribution in [0.15, 0.2) is 60.7 Å². The quantitative estimate of drug-likeness (QED) is 0.786. The van der Waals surface area contributed by atoms with Crippen LogP contribution in [0.3, 0.4) is 0 Å². The van der Waals surface area contributed by atoms with Crippen LogP contribution in [0, 0.1) is 0 Å². The molecule has 0 radical (unpaired) electrons. The van der Waals surface area contributed by atoms with Crippen LogP contribution in [0.2, 0.25) is 0 Å². The summed E-state index contributed by atoms with van der Waals surface area (Å²) in [6.07, 6.45) is 0. The predicted octanol–water partition coefficient (Wildman–Crippen LogP) is 2.48. The van der Waals surface area contributed by atoms with Gasteiger partial charge in [0.1, 0.15) is 0 Å². The molecule has 0 heterocycles. The number of carbonyl (C=O) groups is 1. The highest BCUT2D eigenvalue weighted by Gasteiger charge is 2.41. The van der Waals surface area contributed by atoms with Crippen LogP contribution >= 0.6 is 0 Å². The van der Waals surface area contributed by atoms with Crippen molar-refractivity contribution < 1.29 is 14.4 Å². The normalized spacial score (nSPS) is 12.0. The van der Waals surface area contributed by atoms with E-state index in [1.54, 1.807) is 36.2 Å². The first kappa shape index (κ1) is 19.2. The maximum atomic E-state index is 13.2. The second kappa shape index (κ2) is 7.81. The molecule has 0 aromatic heterocycles. The van der Waals surface area contributed by atoms with Crippen molar-refractivity contribution in [2.45, 2.75) is 12.5 Å². The van der Waals surface area contributed by atoms with Crippen LogP contribution in [-0.2, 0) is 10.4 Å². The molecule has 1 amide bonds. The summed E-state index contributed by atoms with van der Waals surface area (Å²) in [6, 6.07) is 18.3. The molecular weight excluding hydrogens is 312 g/mol. The van der Waals surface area contributed by atoms with E-state index >= 15 is 0 Å². The van der Waals surface area contributed by atoms with E-state index in [9.17, 15) is 9.90 Å². The summed E-state index contributed by atoms with van der Waals surface area (Å²) in [5.74, 6) is -0.305. The van der Waals surface area contributed by atoms with Crippen molar-refractivity contribution in [3.05, 3.63) is 71.8 Å². The van der Waals surface area contributed by atoms with Gasteiger partial charge in [0.2, 0.25) is 0 Å². The first-order valence-electron chi connectivity index (χ1n) is 8.72. The monoisotopic (exact) mass is 341 g/mol. The Hall–Kier alpha value is -2.17. The SMILES string of the molecule is CC[N+](C)(C)CCN(C)C(=O)C(O)(c1ccccc1)c1ccccc1. The summed E-state index contributed by atoms with van der Waals surface area (Å²) < 4.78 is 0.826. The Bertz CT molecular complexity index is 644. The molecule has 0 aliphatic rings. The Balaban J connectivity index is 2.35. The zero-order valence-corrected chi connectivity index (χ0v) is 15.6. The number of quaternary nitrogens is 1. The first-order chi connectivity index (χ1) is 11.8. The van der Waals surface area contributed by atoms with E-state index in [0.717, 1.165) is 17.6 Å². The summed E-state index contributed by atoms with van der Waals surface area (Å²) in [5, 5.41) is 11.5. The summed E-state index contributed by atoms with van der Waals surface area (Å²) in [5.41, 5.74) is -0.509. The fourth-order valence-electron chi connectivity index (χ4n) is 2.73. The summed E-state index contributed by atoms with van der Waals surface area (Å²) in [4.78, 5) is 14.9. The van der Waals surface area contributed by atoms with E-state index in [-0.39, 0.29) is 5.91 Å². The van der Waals surface area contributed by atoms with Gasteiger partial charge in [-0.1, -0.05) is 60.7 Å². The second-order valence-corrected chi connectivity index (χ2v) is 7.14. The average molecular weight is 341 g/mol. The number of nitrogens with zero attached hydrogens (tertiary/aromatic N) is 2. The number of amides is 1. The molecule has 0 fully saturated rings. The Kier molecular flexibility index (Phi) is 5.98. The molecule has 0 aliphatic heterocycles. The molecule has 0 bridgehead atoms. The Morgan fingerprint density at radius 1 is 1.00 bits per heavy atom. The zero-order chi connectivity index (χ0) is 18.5. The predicted molar refractivity (Wildman–Crippen MR) is 101 cm³/mol. The number of hydrogen-bond donors (Lipinski definition) is 1. The van der Waals surface area contributed by atoms with Crippen LogP contribution in [-0.4, -0.2) is 61.2 Å². The lowest BCUT2D eigenvalue weighted by atomic mass is 9.85. The lowest BCUT2D eigenvalue weighted by Gasteiger charge is -2.35. The summed E-state index contributed by atoms with van der Waals surface area (Å²) >= 11 is 0. The summed E-state index contributed by atoms with van der Waals surface area (Å²) in [7, 11) is 6.03. The molecule has 0 spiro atoms. The second-order valence-electron chi connectivity index (χ2n) is 7.14. The minimum absolute atomic E-state index is 0.305. The van der Waals surface area contributed by atoms with E-state index < -0.39 is 5.60 Å². The van der Waals surface area contributed by atoms with Crippen molar-refractivity contribution >= 4 is 5.91 Å². The van der Waals surface area contributed by atoms with Gasteiger partial charge in [0, 0.05) is 7.05 Å². The number of likely N-dealkylation sites (N-methyl/N-ethyl adjacent to an activating group) is 2. The highest BCUT2D eigenvalue weighted by Crippen LogP contribution is 2.31. The van der Waals surface area contributed by atoms with Crippen molar-refractivity contribution in [3.8, 4) is 0 Å². The Labute approximate surface area is 150 Å². The Morgan fingerprint density at radius 2 is 1.44 bits per heavy atom. The van der Waals surface area contributed by atoms with Gasteiger partial charge in [0.05, 0.1) is 33.7 Å². The third-order valence-electron chi connectivity index (χ3n) is 4.94. The van der Waals surface area contributed by atoms with Gasteiger partial charge in [0.15, 0.2) is 5.60 Å². The largest absolute Gasteiger partial charge is 0.372 e. The molecule has 0 saturated heterocycles. The van der Waals surface area contributed by atoms with Gasteiger partial charge < -0.3 is 14.5 Å². The molecule has 134 valence electrons. The summed E-state index contributed by atoms with van der Waals surface area (Å²) in [6.45, 7) is 4.54. The number of aliphatic hydroxyl groups is 1. The van der Waals surface area contributed by atoms with Gasteiger partial charge in [0.25, 0.3) is 5.91 Å². The molecule has 1 N–H and O–H groups in total. The number of benzene rings is 2. The molecule has 0 saturated carbocycles. The van der Waals surface area contributed by atoms with E-state index in [2.05, 4.69) is 21.0 Å². The van der Waals surface area contributed by atoms with Gasteiger partial charge in [-0.25, -0.2) is 0 Å². The molecule has 2 aromatic rings. The molecule has 25 heavy (non-hydrogen) atoms. The molecule has 2 aromatic carbocycles. The van der Waals surface area contributed by atoms with Gasteiger partial charge in [-0.05, 0) is 18.1 Å². The molecule has 0 unspecified atom stereocenters. The fourth-order valence-corrected chi connectivity index (χ4v) is 2.73. The third kappa shape index (κ3) is 4.27. The molecule has 2 rings (SSSR count). The smallest absolute Gasteiger partial charge is 0.263 e. The van der Waals surface area contributed by atoms with Gasteiger partial charge >= 0.3 is 0 Å². The fraction of sp³-hybridized carbons (Fsp3) is 0.381. The minimum atomic E-state index is -1.68. The van der Waals surface area contributed by atoms with Crippen molar-refractivity contribution in [2.75, 3.05) is 40.8 Å². The van der Waals surface area contributed by atoms with E-state index in [1.165, 1.54) is 0 Å². The number of rotatable bonds is 7. The molecule has 0 aliphatic carbocycles. The standard InChI is InChI=1S/C21H29N2O2/c1-5-23(3,4)17-16-22(2)20(24)21(25,18-12-8-6-9-13-18)19-14-10-7-11-15-19/h6-15,25H,5,16-17H2,1-4H3/q+1. The number of hydrogen-bond acceptors (Lipinski definition) is 2. The molecular formula is C21H29N2O2+. The highest BCUT2D eigenvalue weighted by molar-refractivity contribution is 5.90. The van der Waals surface area contributed by atoms with Gasteiger partial charge in [-0.3, -0.25) is 4.79 Å². The molecule has 4 nitrogen and oxygen atoms in total. The molecule has 0 atom stereocenters. The van der Waals surface area contributed by atoms with E-state index in [1.807, 2.05) is 36.4 Å². The topological polar surface area (TPSA) is 40.5 Å². The van der Waals surface area contributed by atoms with Crippen molar-refractivity contribution in [2.24, 2.45) is 0 Å². The molecule has 4 heteroatoms. The first-order valence-corrected chi connectivity index (χ1v) is 8.72. The maximum absolute atomic E-state index is 13.2. The maximum Gasteiger partial charge on any atom is 0.263 e. The zero-order valence-electron chi connectivity index (χ0n) is 15.6. The highest BCUT2D eigenvalue weighted by atomic mass is 16.3. The third-order valence-corrected chi connectivity index (χ3v) is 4.94. The van der Waals surface area contributed by atoms with Crippen LogP contribution < -0.4 is 0 Å². The average Bonchev–Trinajstić information content (AvgIpc) is 2.66. The lowest BCUT2D eigenvalue weighted by Crippen LogP contribution is -2.50.